The molecule has 0 bridgehead atoms. The zero-order valence-electron chi connectivity index (χ0n) is 9.17. The average molecular weight is 355 g/mol. The number of hydrogen-bond donors (Lipinski definition) is 1. The monoisotopic (exact) mass is 354 g/mol. The smallest absolute Gasteiger partial charge is 0.336 e. The zero-order chi connectivity index (χ0) is 12.5. The third-order valence-corrected chi connectivity index (χ3v) is 3.26. The van der Waals surface area contributed by atoms with Crippen molar-refractivity contribution in [1.82, 2.24) is 0 Å². The second kappa shape index (κ2) is 5.23. The van der Waals surface area contributed by atoms with Gasteiger partial charge in [-0.25, -0.2) is 4.79 Å². The van der Waals surface area contributed by atoms with E-state index in [4.69, 9.17) is 21.4 Å². The van der Waals surface area contributed by atoms with E-state index in [-0.39, 0.29) is 11.7 Å². The predicted molar refractivity (Wildman–Crippen MR) is 71.6 cm³/mol. The molecule has 0 aliphatic heterocycles. The number of carboxylic acids is 1. The van der Waals surface area contributed by atoms with E-state index in [0.29, 0.717) is 19.9 Å². The molecule has 0 spiro atoms. The lowest BCUT2D eigenvalue weighted by atomic mass is 10.1. The molecule has 1 aromatic carbocycles. The lowest BCUT2D eigenvalue weighted by molar-refractivity contribution is 0.0696. The summed E-state index contributed by atoms with van der Waals surface area (Å²) in [5.41, 5.74) is 0.746. The molecule has 3 nitrogen and oxygen atoms in total. The highest BCUT2D eigenvalue weighted by molar-refractivity contribution is 14.1. The van der Waals surface area contributed by atoms with Crippen LogP contribution in [0, 0.1) is 10.5 Å². The molecule has 1 aromatic rings. The van der Waals surface area contributed by atoms with Gasteiger partial charge in [0, 0.05) is 0 Å². The molecule has 16 heavy (non-hydrogen) atoms. The first-order valence-electron chi connectivity index (χ1n) is 4.73. The van der Waals surface area contributed by atoms with Crippen LogP contribution in [-0.2, 0) is 0 Å². The molecule has 0 unspecified atom stereocenters. The van der Waals surface area contributed by atoms with Gasteiger partial charge in [0.15, 0.2) is 5.75 Å². The van der Waals surface area contributed by atoms with Gasteiger partial charge in [-0.15, -0.1) is 0 Å². The molecular weight excluding hydrogens is 342 g/mol. The lowest BCUT2D eigenvalue weighted by Gasteiger charge is -2.15. The fourth-order valence-electron chi connectivity index (χ4n) is 1.26. The Bertz CT molecular complexity index is 430. The summed E-state index contributed by atoms with van der Waals surface area (Å²) in [6.07, 6.45) is 0.00101. The number of rotatable bonds is 3. The molecule has 0 saturated heterocycles. The summed E-state index contributed by atoms with van der Waals surface area (Å²) in [6.45, 7) is 5.47. The molecule has 88 valence electrons. The summed E-state index contributed by atoms with van der Waals surface area (Å²) in [5.74, 6) is -0.423. The van der Waals surface area contributed by atoms with Gasteiger partial charge in [-0.3, -0.25) is 0 Å². The normalized spacial score (nSPS) is 10.6. The van der Waals surface area contributed by atoms with E-state index in [9.17, 15) is 4.79 Å². The Hall–Kier alpha value is -0.490. The molecule has 0 heterocycles. The summed E-state index contributed by atoms with van der Waals surface area (Å²) in [4.78, 5) is 11.0. The predicted octanol–water partition coefficient (Wildman–Crippen LogP) is 3.74. The second-order valence-corrected chi connectivity index (χ2v) is 5.19. The number of carbonyl (C=O) groups is 1. The van der Waals surface area contributed by atoms with Crippen LogP contribution in [0.25, 0.3) is 0 Å². The molecular formula is C11H12ClIO3. The van der Waals surface area contributed by atoms with Crippen LogP contribution in [0.4, 0.5) is 0 Å². The molecule has 1 N–H and O–H groups in total. The number of aromatic carboxylic acids is 1. The highest BCUT2D eigenvalue weighted by atomic mass is 127. The van der Waals surface area contributed by atoms with E-state index >= 15 is 0 Å². The summed E-state index contributed by atoms with van der Waals surface area (Å²) < 4.78 is 6.27. The number of ether oxygens (including phenoxy) is 1. The minimum Gasteiger partial charge on any atom is -0.488 e. The van der Waals surface area contributed by atoms with Crippen molar-refractivity contribution in [2.75, 3.05) is 0 Å². The zero-order valence-corrected chi connectivity index (χ0v) is 12.1. The second-order valence-electron chi connectivity index (χ2n) is 3.65. The standard InChI is InChI=1S/C11H12ClIO3/c1-5(2)16-10-8(13)4-7(11(14)15)6(3)9(10)12/h4-5H,1-3H3,(H,14,15). The van der Waals surface area contributed by atoms with Gasteiger partial charge in [0.1, 0.15) is 0 Å². The van der Waals surface area contributed by atoms with E-state index < -0.39 is 5.97 Å². The van der Waals surface area contributed by atoms with Gasteiger partial charge in [-0.1, -0.05) is 11.6 Å². The number of benzene rings is 1. The summed E-state index contributed by atoms with van der Waals surface area (Å²) in [5, 5.41) is 9.36. The van der Waals surface area contributed by atoms with Crippen molar-refractivity contribution >= 4 is 40.2 Å². The van der Waals surface area contributed by atoms with E-state index in [1.807, 2.05) is 36.4 Å². The van der Waals surface area contributed by atoms with Gasteiger partial charge in [-0.2, -0.15) is 0 Å². The van der Waals surface area contributed by atoms with Crippen LogP contribution < -0.4 is 4.74 Å². The van der Waals surface area contributed by atoms with E-state index in [1.54, 1.807) is 13.0 Å². The fourth-order valence-corrected chi connectivity index (χ4v) is 2.38. The molecule has 0 aliphatic rings. The van der Waals surface area contributed by atoms with Gasteiger partial charge in [0.05, 0.1) is 20.3 Å². The van der Waals surface area contributed by atoms with Gasteiger partial charge < -0.3 is 9.84 Å². The van der Waals surface area contributed by atoms with Crippen molar-refractivity contribution in [3.63, 3.8) is 0 Å². The number of halogens is 2. The molecule has 5 heteroatoms. The number of hydrogen-bond acceptors (Lipinski definition) is 2. The maximum atomic E-state index is 11.0. The van der Waals surface area contributed by atoms with Gasteiger partial charge in [0.2, 0.25) is 0 Å². The number of carboxylic acid groups (broad SMARTS) is 1. The molecule has 0 saturated carbocycles. The Morgan fingerprint density at radius 2 is 2.12 bits per heavy atom. The largest absolute Gasteiger partial charge is 0.488 e. The van der Waals surface area contributed by atoms with Crippen LogP contribution in [0.15, 0.2) is 6.07 Å². The Labute approximate surface area is 113 Å². The minimum atomic E-state index is -0.978. The molecule has 0 radical (unpaired) electrons. The average Bonchev–Trinajstić information content (AvgIpc) is 2.17. The molecule has 0 amide bonds. The van der Waals surface area contributed by atoms with Crippen LogP contribution >= 0.6 is 34.2 Å². The van der Waals surface area contributed by atoms with E-state index in [2.05, 4.69) is 0 Å². The maximum Gasteiger partial charge on any atom is 0.336 e. The molecule has 0 atom stereocenters. The van der Waals surface area contributed by atoms with Crippen molar-refractivity contribution in [1.29, 1.82) is 0 Å². The van der Waals surface area contributed by atoms with E-state index in [0.717, 1.165) is 0 Å². The topological polar surface area (TPSA) is 46.5 Å². The molecule has 0 fully saturated rings. The highest BCUT2D eigenvalue weighted by Gasteiger charge is 2.18. The highest BCUT2D eigenvalue weighted by Crippen LogP contribution is 2.35. The van der Waals surface area contributed by atoms with Crippen molar-refractivity contribution in [2.45, 2.75) is 26.9 Å². The van der Waals surface area contributed by atoms with Crippen molar-refractivity contribution < 1.29 is 14.6 Å². The molecule has 0 aromatic heterocycles. The van der Waals surface area contributed by atoms with E-state index in [1.165, 1.54) is 0 Å². The third kappa shape index (κ3) is 2.79. The summed E-state index contributed by atoms with van der Waals surface area (Å²) in [7, 11) is 0. The Morgan fingerprint density at radius 1 is 1.56 bits per heavy atom. The quantitative estimate of drug-likeness (QED) is 0.841. The summed E-state index contributed by atoms with van der Waals surface area (Å²) >= 11 is 8.12. The fraction of sp³-hybridized carbons (Fsp3) is 0.364. The van der Waals surface area contributed by atoms with Gasteiger partial charge >= 0.3 is 5.97 Å². The maximum absolute atomic E-state index is 11.0. The van der Waals surface area contributed by atoms with Crippen LogP contribution in [0.3, 0.4) is 0 Å². The van der Waals surface area contributed by atoms with Crippen LogP contribution in [-0.4, -0.2) is 17.2 Å². The van der Waals surface area contributed by atoms with Crippen LogP contribution in [0.1, 0.15) is 29.8 Å². The van der Waals surface area contributed by atoms with Gasteiger partial charge in [0.25, 0.3) is 0 Å². The van der Waals surface area contributed by atoms with Crippen LogP contribution in [0.2, 0.25) is 5.02 Å². The third-order valence-electron chi connectivity index (χ3n) is 2.00. The first-order chi connectivity index (χ1) is 7.34. The molecule has 0 aliphatic carbocycles. The summed E-state index contributed by atoms with van der Waals surface area (Å²) in [6, 6.07) is 1.57. The SMILES string of the molecule is Cc1c(C(=O)O)cc(I)c(OC(C)C)c1Cl. The first-order valence-corrected chi connectivity index (χ1v) is 6.18. The van der Waals surface area contributed by atoms with Crippen molar-refractivity contribution in [2.24, 2.45) is 0 Å². The molecule has 1 rings (SSSR count). The lowest BCUT2D eigenvalue weighted by Crippen LogP contribution is -2.09. The minimum absolute atomic E-state index is 0.00101. The Kier molecular flexibility index (Phi) is 4.43. The van der Waals surface area contributed by atoms with Crippen molar-refractivity contribution in [3.8, 4) is 5.75 Å². The van der Waals surface area contributed by atoms with Gasteiger partial charge in [-0.05, 0) is 55.0 Å². The van der Waals surface area contributed by atoms with Crippen LogP contribution in [0.5, 0.6) is 5.75 Å². The first kappa shape index (κ1) is 13.6. The Morgan fingerprint density at radius 3 is 2.56 bits per heavy atom. The Balaban J connectivity index is 3.34. The van der Waals surface area contributed by atoms with Crippen molar-refractivity contribution in [3.05, 3.63) is 25.8 Å².